The van der Waals surface area contributed by atoms with Gasteiger partial charge in [0.1, 0.15) is 0 Å². The highest BCUT2D eigenvalue weighted by atomic mass is 16.4. The van der Waals surface area contributed by atoms with E-state index in [0.29, 0.717) is 0 Å². The van der Waals surface area contributed by atoms with Crippen LogP contribution in [0.3, 0.4) is 0 Å². The first-order valence-electron chi connectivity index (χ1n) is 9.10. The normalized spacial score (nSPS) is 9.92. The number of benzene rings is 1. The van der Waals surface area contributed by atoms with Crippen LogP contribution in [0.2, 0.25) is 0 Å². The van der Waals surface area contributed by atoms with Crippen molar-refractivity contribution in [3.05, 3.63) is 35.4 Å². The summed E-state index contributed by atoms with van der Waals surface area (Å²) in [5.41, 5.74) is -0.380. The van der Waals surface area contributed by atoms with E-state index in [1.165, 1.54) is 88.5 Å². The third-order valence-corrected chi connectivity index (χ3v) is 3.84. The molecule has 0 amide bonds. The highest BCUT2D eigenvalue weighted by Crippen LogP contribution is 2.10. The number of unbranched alkanes of at least 4 members (excludes halogenated alkanes) is 9. The maximum atomic E-state index is 10.5. The summed E-state index contributed by atoms with van der Waals surface area (Å²) in [6.45, 7) is 4.56. The Bertz CT molecular complexity index is 425. The predicted octanol–water partition coefficient (Wildman–Crippen LogP) is 6.01. The van der Waals surface area contributed by atoms with E-state index in [4.69, 9.17) is 10.2 Å². The second-order valence-electron chi connectivity index (χ2n) is 5.98. The summed E-state index contributed by atoms with van der Waals surface area (Å²) < 4.78 is 0. The lowest BCUT2D eigenvalue weighted by atomic mass is 10.1. The van der Waals surface area contributed by atoms with Gasteiger partial charge in [-0.15, -0.1) is 0 Å². The Hall–Kier alpha value is -1.84. The van der Waals surface area contributed by atoms with Crippen LogP contribution in [0.1, 0.15) is 98.8 Å². The second-order valence-corrected chi connectivity index (χ2v) is 5.98. The van der Waals surface area contributed by atoms with Gasteiger partial charge >= 0.3 is 11.9 Å². The number of hydrogen-bond acceptors (Lipinski definition) is 2. The van der Waals surface area contributed by atoms with Crippen molar-refractivity contribution >= 4 is 11.9 Å². The molecule has 24 heavy (non-hydrogen) atoms. The van der Waals surface area contributed by atoms with E-state index in [0.717, 1.165) is 0 Å². The van der Waals surface area contributed by atoms with Crippen molar-refractivity contribution < 1.29 is 19.8 Å². The maximum Gasteiger partial charge on any atom is 0.336 e. The monoisotopic (exact) mass is 336 g/mol. The second kappa shape index (κ2) is 14.7. The third kappa shape index (κ3) is 10.8. The number of aromatic carboxylic acids is 2. The molecule has 0 heterocycles. The largest absolute Gasteiger partial charge is 0.478 e. The van der Waals surface area contributed by atoms with Crippen molar-refractivity contribution in [2.75, 3.05) is 0 Å². The van der Waals surface area contributed by atoms with E-state index in [2.05, 4.69) is 13.8 Å². The minimum atomic E-state index is -1.23. The van der Waals surface area contributed by atoms with E-state index in [-0.39, 0.29) is 11.1 Å². The molecule has 0 aliphatic heterocycles. The summed E-state index contributed by atoms with van der Waals surface area (Å²) in [6, 6.07) is 5.48. The highest BCUT2D eigenvalue weighted by molar-refractivity contribution is 6.01. The summed E-state index contributed by atoms with van der Waals surface area (Å²) in [4.78, 5) is 20.9. The standard InChI is InChI=1S/C12H26.C8H6O4/c1-3-5-7-9-11-12-10-8-6-4-2;9-7(10)5-3-1-2-4-6(5)8(11)12/h3-12H2,1-2H3;1-4H,(H,9,10)(H,11,12). The van der Waals surface area contributed by atoms with Gasteiger partial charge in [0.2, 0.25) is 0 Å². The zero-order valence-electron chi connectivity index (χ0n) is 15.1. The van der Waals surface area contributed by atoms with E-state index in [9.17, 15) is 9.59 Å². The molecule has 0 aromatic heterocycles. The van der Waals surface area contributed by atoms with Gasteiger partial charge in [0, 0.05) is 0 Å². The van der Waals surface area contributed by atoms with Gasteiger partial charge in [0.25, 0.3) is 0 Å². The molecule has 0 unspecified atom stereocenters. The number of hydrogen-bond donors (Lipinski definition) is 2. The van der Waals surface area contributed by atoms with Crippen LogP contribution in [0.15, 0.2) is 24.3 Å². The summed E-state index contributed by atoms with van der Waals surface area (Å²) >= 11 is 0. The molecule has 4 heteroatoms. The van der Waals surface area contributed by atoms with Gasteiger partial charge in [-0.25, -0.2) is 9.59 Å². The molecule has 1 rings (SSSR count). The van der Waals surface area contributed by atoms with E-state index >= 15 is 0 Å². The zero-order chi connectivity index (χ0) is 18.2. The van der Waals surface area contributed by atoms with Crippen LogP contribution in [0, 0.1) is 0 Å². The van der Waals surface area contributed by atoms with Crippen molar-refractivity contribution in [2.45, 2.75) is 78.1 Å². The fourth-order valence-corrected chi connectivity index (χ4v) is 2.42. The van der Waals surface area contributed by atoms with Crippen LogP contribution < -0.4 is 0 Å². The Labute approximate surface area is 145 Å². The van der Waals surface area contributed by atoms with E-state index < -0.39 is 11.9 Å². The van der Waals surface area contributed by atoms with Crippen molar-refractivity contribution in [1.82, 2.24) is 0 Å². The molecule has 0 fully saturated rings. The molecule has 0 saturated heterocycles. The number of carbonyl (C=O) groups is 2. The minimum absolute atomic E-state index is 0.190. The van der Waals surface area contributed by atoms with Crippen LogP contribution in [0.5, 0.6) is 0 Å². The summed E-state index contributed by atoms with van der Waals surface area (Å²) in [5, 5.41) is 17.1. The summed E-state index contributed by atoms with van der Waals surface area (Å²) in [6.07, 6.45) is 14.4. The zero-order valence-corrected chi connectivity index (χ0v) is 15.1. The van der Waals surface area contributed by atoms with Crippen LogP contribution in [0.25, 0.3) is 0 Å². The Morgan fingerprint density at radius 1 is 0.667 bits per heavy atom. The highest BCUT2D eigenvalue weighted by Gasteiger charge is 2.13. The first-order chi connectivity index (χ1) is 11.5. The molecule has 0 aliphatic rings. The lowest BCUT2D eigenvalue weighted by Crippen LogP contribution is -2.06. The molecular formula is C20H32O4. The molecule has 1 aromatic rings. The molecule has 0 saturated carbocycles. The summed E-state index contributed by atoms with van der Waals surface area (Å²) in [5.74, 6) is -2.46. The molecule has 136 valence electrons. The predicted molar refractivity (Wildman–Crippen MR) is 97.9 cm³/mol. The Kier molecular flexibility index (Phi) is 13.6. The molecule has 4 nitrogen and oxygen atoms in total. The molecule has 0 bridgehead atoms. The van der Waals surface area contributed by atoms with Gasteiger partial charge in [-0.3, -0.25) is 0 Å². The number of carboxylic acids is 2. The molecule has 0 aliphatic carbocycles. The van der Waals surface area contributed by atoms with Crippen LogP contribution in [0.4, 0.5) is 0 Å². The van der Waals surface area contributed by atoms with Gasteiger partial charge in [0.15, 0.2) is 0 Å². The average Bonchev–Trinajstić information content (AvgIpc) is 2.58. The Morgan fingerprint density at radius 2 is 0.958 bits per heavy atom. The quantitative estimate of drug-likeness (QED) is 0.485. The SMILES string of the molecule is CCCCCCCCCCCC.O=C(O)c1ccccc1C(=O)O. The third-order valence-electron chi connectivity index (χ3n) is 3.84. The van der Waals surface area contributed by atoms with Gasteiger partial charge in [-0.2, -0.15) is 0 Å². The minimum Gasteiger partial charge on any atom is -0.478 e. The lowest BCUT2D eigenvalue weighted by Gasteiger charge is -1.99. The van der Waals surface area contributed by atoms with Crippen LogP contribution in [-0.2, 0) is 0 Å². The molecule has 1 aromatic carbocycles. The van der Waals surface area contributed by atoms with Crippen molar-refractivity contribution in [2.24, 2.45) is 0 Å². The Balaban J connectivity index is 0.000000441. The summed E-state index contributed by atoms with van der Waals surface area (Å²) in [7, 11) is 0. The molecule has 0 atom stereocenters. The number of carboxylic acid groups (broad SMARTS) is 2. The first kappa shape index (κ1) is 22.2. The fourth-order valence-electron chi connectivity index (χ4n) is 2.42. The van der Waals surface area contributed by atoms with E-state index in [1.807, 2.05) is 0 Å². The maximum absolute atomic E-state index is 10.5. The molecule has 2 N–H and O–H groups in total. The topological polar surface area (TPSA) is 74.6 Å². The smallest absolute Gasteiger partial charge is 0.336 e. The van der Waals surface area contributed by atoms with Gasteiger partial charge in [0.05, 0.1) is 11.1 Å². The van der Waals surface area contributed by atoms with Crippen molar-refractivity contribution in [3.63, 3.8) is 0 Å². The Morgan fingerprint density at radius 3 is 1.21 bits per heavy atom. The molecule has 0 spiro atoms. The first-order valence-corrected chi connectivity index (χ1v) is 9.10. The molecular weight excluding hydrogens is 304 g/mol. The average molecular weight is 336 g/mol. The van der Waals surface area contributed by atoms with Crippen LogP contribution >= 0.6 is 0 Å². The van der Waals surface area contributed by atoms with Gasteiger partial charge in [-0.1, -0.05) is 90.2 Å². The van der Waals surface area contributed by atoms with Crippen molar-refractivity contribution in [1.29, 1.82) is 0 Å². The van der Waals surface area contributed by atoms with Crippen molar-refractivity contribution in [3.8, 4) is 0 Å². The lowest BCUT2D eigenvalue weighted by molar-refractivity contribution is 0.0651. The fraction of sp³-hybridized carbons (Fsp3) is 0.600. The number of rotatable bonds is 11. The van der Waals surface area contributed by atoms with Gasteiger partial charge < -0.3 is 10.2 Å². The van der Waals surface area contributed by atoms with Crippen LogP contribution in [-0.4, -0.2) is 22.2 Å². The van der Waals surface area contributed by atoms with Gasteiger partial charge in [-0.05, 0) is 12.1 Å². The molecule has 0 radical (unpaired) electrons. The van der Waals surface area contributed by atoms with E-state index in [1.54, 1.807) is 0 Å².